The molecule has 1 saturated carbocycles. The van der Waals surface area contributed by atoms with E-state index in [0.29, 0.717) is 26.4 Å². The zero-order chi connectivity index (χ0) is 18.0. The van der Waals surface area contributed by atoms with Crippen LogP contribution in [-0.4, -0.2) is 29.6 Å². The number of thiophene rings is 1. The Balaban J connectivity index is 1.97. The maximum atomic E-state index is 12.6. The molecule has 2 aromatic rings. The summed E-state index contributed by atoms with van der Waals surface area (Å²) in [4.78, 5) is 30.1. The molecule has 1 aliphatic rings. The SMILES string of the molecule is CCOC(=O)c1cc(C)nc2sc(C(=O)OC3CCCCC3)c(N)c12. The number of aryl methyl sites for hydroxylation is 1. The molecule has 6 nitrogen and oxygen atoms in total. The third kappa shape index (κ3) is 3.61. The molecule has 2 heterocycles. The summed E-state index contributed by atoms with van der Waals surface area (Å²) in [5, 5.41) is 0.477. The van der Waals surface area contributed by atoms with Crippen LogP contribution in [0.2, 0.25) is 0 Å². The van der Waals surface area contributed by atoms with Gasteiger partial charge >= 0.3 is 11.9 Å². The summed E-state index contributed by atoms with van der Waals surface area (Å²) in [5.74, 6) is -0.894. The highest BCUT2D eigenvalue weighted by Crippen LogP contribution is 2.36. The smallest absolute Gasteiger partial charge is 0.350 e. The van der Waals surface area contributed by atoms with Crippen molar-refractivity contribution in [1.29, 1.82) is 0 Å². The highest BCUT2D eigenvalue weighted by molar-refractivity contribution is 7.21. The molecular weight excluding hydrogens is 340 g/mol. The van der Waals surface area contributed by atoms with E-state index in [-0.39, 0.29) is 18.4 Å². The van der Waals surface area contributed by atoms with Gasteiger partial charge in [0.25, 0.3) is 0 Å². The van der Waals surface area contributed by atoms with E-state index in [4.69, 9.17) is 15.2 Å². The highest BCUT2D eigenvalue weighted by atomic mass is 32.1. The average molecular weight is 362 g/mol. The molecule has 25 heavy (non-hydrogen) atoms. The molecule has 0 unspecified atom stereocenters. The van der Waals surface area contributed by atoms with Gasteiger partial charge in [0.05, 0.1) is 17.9 Å². The van der Waals surface area contributed by atoms with Crippen molar-refractivity contribution in [2.45, 2.75) is 52.1 Å². The van der Waals surface area contributed by atoms with Crippen LogP contribution in [0.15, 0.2) is 6.07 Å². The Labute approximate surface area is 150 Å². The molecule has 0 aliphatic heterocycles. The minimum atomic E-state index is -0.463. The molecule has 1 fully saturated rings. The maximum absolute atomic E-state index is 12.6. The Morgan fingerprint density at radius 2 is 2.00 bits per heavy atom. The first-order chi connectivity index (χ1) is 12.0. The van der Waals surface area contributed by atoms with Crippen LogP contribution < -0.4 is 5.73 Å². The number of aromatic nitrogens is 1. The lowest BCUT2D eigenvalue weighted by Crippen LogP contribution is -2.20. The van der Waals surface area contributed by atoms with Crippen LogP contribution in [0, 0.1) is 6.92 Å². The van der Waals surface area contributed by atoms with Gasteiger partial charge in [-0.1, -0.05) is 6.42 Å². The van der Waals surface area contributed by atoms with E-state index in [0.717, 1.165) is 25.7 Å². The molecule has 7 heteroatoms. The summed E-state index contributed by atoms with van der Waals surface area (Å²) in [6.45, 7) is 3.80. The van der Waals surface area contributed by atoms with E-state index >= 15 is 0 Å². The molecule has 0 spiro atoms. The number of esters is 2. The van der Waals surface area contributed by atoms with Crippen molar-refractivity contribution in [3.8, 4) is 0 Å². The van der Waals surface area contributed by atoms with Crippen LogP contribution in [0.1, 0.15) is 64.8 Å². The van der Waals surface area contributed by atoms with Gasteiger partial charge in [0.2, 0.25) is 0 Å². The van der Waals surface area contributed by atoms with Gasteiger partial charge in [0.15, 0.2) is 0 Å². The molecule has 2 N–H and O–H groups in total. The van der Waals surface area contributed by atoms with Crippen molar-refractivity contribution in [3.63, 3.8) is 0 Å². The number of ether oxygens (including phenoxy) is 2. The number of nitrogens with zero attached hydrogens (tertiary/aromatic N) is 1. The molecule has 3 rings (SSSR count). The summed E-state index contributed by atoms with van der Waals surface area (Å²) in [6.07, 6.45) is 5.07. The minimum absolute atomic E-state index is 0.0508. The van der Waals surface area contributed by atoms with Crippen molar-refractivity contribution in [3.05, 3.63) is 22.2 Å². The van der Waals surface area contributed by atoms with Gasteiger partial charge in [-0.05, 0) is 45.6 Å². The van der Waals surface area contributed by atoms with E-state index in [1.807, 2.05) is 0 Å². The van der Waals surface area contributed by atoms with E-state index in [1.54, 1.807) is 19.9 Å². The molecule has 1 aliphatic carbocycles. The molecule has 0 bridgehead atoms. The Morgan fingerprint density at radius 1 is 1.28 bits per heavy atom. The predicted octanol–water partition coefficient (Wildman–Crippen LogP) is 3.85. The number of carbonyl (C=O) groups is 2. The van der Waals surface area contributed by atoms with E-state index in [9.17, 15) is 9.59 Å². The zero-order valence-electron chi connectivity index (χ0n) is 14.5. The van der Waals surface area contributed by atoms with E-state index < -0.39 is 11.9 Å². The van der Waals surface area contributed by atoms with Crippen LogP contribution in [0.4, 0.5) is 5.69 Å². The molecule has 0 atom stereocenters. The topological polar surface area (TPSA) is 91.5 Å². The normalized spacial score (nSPS) is 15.3. The molecular formula is C18H22N2O4S. The lowest BCUT2D eigenvalue weighted by molar-refractivity contribution is 0.0217. The van der Waals surface area contributed by atoms with E-state index in [2.05, 4.69) is 4.98 Å². The van der Waals surface area contributed by atoms with Gasteiger partial charge in [0.1, 0.15) is 15.8 Å². The Morgan fingerprint density at radius 3 is 2.68 bits per heavy atom. The fourth-order valence-electron chi connectivity index (χ4n) is 3.15. The van der Waals surface area contributed by atoms with Crippen molar-refractivity contribution in [2.75, 3.05) is 12.3 Å². The summed E-state index contributed by atoms with van der Waals surface area (Å²) in [6, 6.07) is 1.64. The predicted molar refractivity (Wildman–Crippen MR) is 97.0 cm³/mol. The summed E-state index contributed by atoms with van der Waals surface area (Å²) >= 11 is 1.17. The van der Waals surface area contributed by atoms with Gasteiger partial charge in [0, 0.05) is 11.1 Å². The number of fused-ring (bicyclic) bond motifs is 1. The molecule has 0 aromatic carbocycles. The fourth-order valence-corrected chi connectivity index (χ4v) is 4.20. The Hall–Kier alpha value is -2.15. The van der Waals surface area contributed by atoms with Gasteiger partial charge < -0.3 is 15.2 Å². The molecule has 134 valence electrons. The van der Waals surface area contributed by atoms with Crippen LogP contribution in [0.3, 0.4) is 0 Å². The minimum Gasteiger partial charge on any atom is -0.462 e. The second-order valence-electron chi connectivity index (χ2n) is 6.22. The third-order valence-corrected chi connectivity index (χ3v) is 5.41. The Bertz CT molecular complexity index is 809. The number of nitrogen functional groups attached to an aromatic ring is 1. The zero-order valence-corrected chi connectivity index (χ0v) is 15.3. The summed E-state index contributed by atoms with van der Waals surface area (Å²) in [7, 11) is 0. The quantitative estimate of drug-likeness (QED) is 0.831. The summed E-state index contributed by atoms with van der Waals surface area (Å²) < 4.78 is 10.7. The third-order valence-electron chi connectivity index (χ3n) is 4.33. The first kappa shape index (κ1) is 17.7. The van der Waals surface area contributed by atoms with Crippen molar-refractivity contribution in [2.24, 2.45) is 0 Å². The first-order valence-corrected chi connectivity index (χ1v) is 9.40. The lowest BCUT2D eigenvalue weighted by atomic mass is 9.98. The van der Waals surface area contributed by atoms with Crippen LogP contribution in [-0.2, 0) is 9.47 Å². The molecule has 0 saturated heterocycles. The summed E-state index contributed by atoms with van der Waals surface area (Å²) in [5.41, 5.74) is 7.45. The van der Waals surface area contributed by atoms with E-state index in [1.165, 1.54) is 17.8 Å². The number of rotatable bonds is 4. The van der Waals surface area contributed by atoms with Crippen molar-refractivity contribution < 1.29 is 19.1 Å². The number of carbonyl (C=O) groups excluding carboxylic acids is 2. The maximum Gasteiger partial charge on any atom is 0.350 e. The number of pyridine rings is 1. The molecule has 0 amide bonds. The van der Waals surface area contributed by atoms with Gasteiger partial charge in [-0.25, -0.2) is 14.6 Å². The lowest BCUT2D eigenvalue weighted by Gasteiger charge is -2.21. The fraction of sp³-hybridized carbons (Fsp3) is 0.500. The number of nitrogens with two attached hydrogens (primary N) is 1. The number of hydrogen-bond donors (Lipinski definition) is 1. The standard InChI is InChI=1S/C18H22N2O4S/c1-3-23-17(21)12-9-10(2)20-16-13(12)14(19)15(25-16)18(22)24-11-7-5-4-6-8-11/h9,11H,3-8,19H2,1-2H3. The van der Waals surface area contributed by atoms with Gasteiger partial charge in [-0.2, -0.15) is 0 Å². The molecule has 0 radical (unpaired) electrons. The Kier molecular flexibility index (Phi) is 5.22. The van der Waals surface area contributed by atoms with Crippen LogP contribution in [0.25, 0.3) is 10.2 Å². The second kappa shape index (κ2) is 7.39. The molecule has 2 aromatic heterocycles. The van der Waals surface area contributed by atoms with Crippen LogP contribution >= 0.6 is 11.3 Å². The second-order valence-corrected chi connectivity index (χ2v) is 7.22. The highest BCUT2D eigenvalue weighted by Gasteiger charge is 2.26. The number of anilines is 1. The first-order valence-electron chi connectivity index (χ1n) is 8.59. The number of hydrogen-bond acceptors (Lipinski definition) is 7. The van der Waals surface area contributed by atoms with Crippen molar-refractivity contribution >= 4 is 39.2 Å². The monoisotopic (exact) mass is 362 g/mol. The largest absolute Gasteiger partial charge is 0.462 e. The average Bonchev–Trinajstić information content (AvgIpc) is 2.92. The van der Waals surface area contributed by atoms with Gasteiger partial charge in [-0.3, -0.25) is 0 Å². The van der Waals surface area contributed by atoms with Crippen LogP contribution in [0.5, 0.6) is 0 Å². The van der Waals surface area contributed by atoms with Gasteiger partial charge in [-0.15, -0.1) is 11.3 Å². The van der Waals surface area contributed by atoms with Crippen molar-refractivity contribution in [1.82, 2.24) is 4.98 Å².